The normalized spacial score (nSPS) is 14.8. The van der Waals surface area contributed by atoms with Crippen molar-refractivity contribution in [2.24, 2.45) is 0 Å². The minimum atomic E-state index is -3.27. The van der Waals surface area contributed by atoms with Crippen LogP contribution in [0.15, 0.2) is 104 Å². The van der Waals surface area contributed by atoms with Crippen LogP contribution in [0.2, 0.25) is 23.2 Å². The molecule has 0 aliphatic heterocycles. The van der Waals surface area contributed by atoms with Gasteiger partial charge in [-0.05, 0) is 58.7 Å². The standard InChI is InChI=1S/C36H48O5Si2/c1-11-31(37)36(8,32(27-39-42(9,10)34(2,3)4)40-33(38)28-21-15-12-16-22-28)41-43(35(5,6)7,29-23-17-13-18-24-29)30-25-19-14-20-26-30/h11-26,32H,1,27H2,2-10H3/t32-,36-/m1/s1. The van der Waals surface area contributed by atoms with Gasteiger partial charge in [-0.25, -0.2) is 4.79 Å². The lowest BCUT2D eigenvalue weighted by Gasteiger charge is -2.49. The molecule has 0 saturated heterocycles. The SMILES string of the molecule is C=CC(=O)[C@@](C)(O[Si](c1ccccc1)(c1ccccc1)C(C)(C)C)[C@@H](CO[Si](C)(C)C(C)(C)C)OC(=O)c1ccccc1. The van der Waals surface area contributed by atoms with Crippen LogP contribution in [0.3, 0.4) is 0 Å². The van der Waals surface area contributed by atoms with E-state index < -0.39 is 39.3 Å². The summed E-state index contributed by atoms with van der Waals surface area (Å²) in [5, 5.41) is 1.50. The zero-order valence-corrected chi connectivity index (χ0v) is 29.3. The maximum atomic E-state index is 14.1. The topological polar surface area (TPSA) is 61.8 Å². The van der Waals surface area contributed by atoms with Crippen molar-refractivity contribution in [3.63, 3.8) is 0 Å². The summed E-state index contributed by atoms with van der Waals surface area (Å²) in [4.78, 5) is 27.7. The number of rotatable bonds is 12. The summed E-state index contributed by atoms with van der Waals surface area (Å²) in [6.07, 6.45) is 0.217. The molecule has 3 aromatic carbocycles. The fourth-order valence-corrected chi connectivity index (χ4v) is 10.8. The van der Waals surface area contributed by atoms with Crippen LogP contribution in [0, 0.1) is 0 Å². The summed E-state index contributed by atoms with van der Waals surface area (Å²) in [5.41, 5.74) is -1.22. The van der Waals surface area contributed by atoms with E-state index in [1.807, 2.05) is 42.5 Å². The molecule has 0 radical (unpaired) electrons. The molecule has 0 amide bonds. The second-order valence-corrected chi connectivity index (χ2v) is 22.8. The van der Waals surface area contributed by atoms with Crippen LogP contribution in [-0.4, -0.2) is 46.7 Å². The highest BCUT2D eigenvalue weighted by atomic mass is 28.4. The molecule has 0 unspecified atom stereocenters. The first-order valence-electron chi connectivity index (χ1n) is 14.9. The van der Waals surface area contributed by atoms with Crippen molar-refractivity contribution in [2.75, 3.05) is 6.61 Å². The summed E-state index contributed by atoms with van der Waals surface area (Å²) in [5.74, 6) is -0.913. The van der Waals surface area contributed by atoms with Gasteiger partial charge in [0.25, 0.3) is 8.32 Å². The van der Waals surface area contributed by atoms with Crippen molar-refractivity contribution in [3.8, 4) is 0 Å². The fraction of sp³-hybridized carbons (Fsp3) is 0.389. The molecule has 0 spiro atoms. The van der Waals surface area contributed by atoms with E-state index in [0.717, 1.165) is 10.4 Å². The van der Waals surface area contributed by atoms with Crippen molar-refractivity contribution >= 4 is 38.8 Å². The van der Waals surface area contributed by atoms with Gasteiger partial charge in [0.05, 0.1) is 12.2 Å². The number of ketones is 1. The number of benzene rings is 3. The third-order valence-electron chi connectivity index (χ3n) is 8.73. The summed E-state index contributed by atoms with van der Waals surface area (Å²) in [7, 11) is -5.59. The Hall–Kier alpha value is -3.11. The van der Waals surface area contributed by atoms with E-state index in [1.165, 1.54) is 6.08 Å². The Labute approximate surface area is 260 Å². The Bertz CT molecular complexity index is 1340. The van der Waals surface area contributed by atoms with Gasteiger partial charge in [0.2, 0.25) is 0 Å². The quantitative estimate of drug-likeness (QED) is 0.121. The molecule has 3 aromatic rings. The highest BCUT2D eigenvalue weighted by Crippen LogP contribution is 2.42. The minimum absolute atomic E-state index is 0.00332. The zero-order valence-electron chi connectivity index (χ0n) is 27.3. The van der Waals surface area contributed by atoms with E-state index in [4.69, 9.17) is 13.6 Å². The van der Waals surface area contributed by atoms with Crippen molar-refractivity contribution in [1.82, 2.24) is 0 Å². The Kier molecular flexibility index (Phi) is 10.6. The molecule has 0 bridgehead atoms. The van der Waals surface area contributed by atoms with Crippen LogP contribution in [0.25, 0.3) is 0 Å². The van der Waals surface area contributed by atoms with E-state index in [0.29, 0.717) is 5.56 Å². The Balaban J connectivity index is 2.27. The van der Waals surface area contributed by atoms with Gasteiger partial charge in [0, 0.05) is 0 Å². The molecule has 0 aliphatic carbocycles. The highest BCUT2D eigenvalue weighted by Gasteiger charge is 2.58. The van der Waals surface area contributed by atoms with Crippen LogP contribution >= 0.6 is 0 Å². The first kappa shape index (κ1) is 34.4. The highest BCUT2D eigenvalue weighted by molar-refractivity contribution is 6.99. The molecule has 0 aromatic heterocycles. The molecular weight excluding hydrogens is 569 g/mol. The first-order chi connectivity index (χ1) is 20.0. The van der Waals surface area contributed by atoms with Crippen molar-refractivity contribution in [1.29, 1.82) is 0 Å². The molecule has 7 heteroatoms. The lowest BCUT2D eigenvalue weighted by Crippen LogP contribution is -2.72. The maximum Gasteiger partial charge on any atom is 0.338 e. The Morgan fingerprint density at radius 3 is 1.58 bits per heavy atom. The number of hydrogen-bond acceptors (Lipinski definition) is 5. The predicted molar refractivity (Wildman–Crippen MR) is 181 cm³/mol. The van der Waals surface area contributed by atoms with E-state index in [2.05, 4.69) is 85.5 Å². The minimum Gasteiger partial charge on any atom is -0.453 e. The molecule has 5 nitrogen and oxygen atoms in total. The van der Waals surface area contributed by atoms with Gasteiger partial charge in [0.15, 0.2) is 25.8 Å². The second-order valence-electron chi connectivity index (χ2n) is 13.8. The van der Waals surface area contributed by atoms with Crippen LogP contribution in [0.1, 0.15) is 58.8 Å². The Morgan fingerprint density at radius 1 is 0.744 bits per heavy atom. The molecule has 0 aliphatic rings. The molecule has 230 valence electrons. The summed E-state index contributed by atoms with van der Waals surface area (Å²) < 4.78 is 20.3. The third kappa shape index (κ3) is 7.35. The maximum absolute atomic E-state index is 14.1. The van der Waals surface area contributed by atoms with Gasteiger partial charge in [-0.2, -0.15) is 0 Å². The van der Waals surface area contributed by atoms with Crippen molar-refractivity contribution < 1.29 is 23.2 Å². The van der Waals surface area contributed by atoms with Gasteiger partial charge in [-0.1, -0.05) is 127 Å². The van der Waals surface area contributed by atoms with Gasteiger partial charge in [0.1, 0.15) is 0 Å². The summed E-state index contributed by atoms with van der Waals surface area (Å²) in [6.45, 7) is 22.7. The lowest BCUT2D eigenvalue weighted by atomic mass is 9.94. The predicted octanol–water partition coefficient (Wildman–Crippen LogP) is 7.32. The molecule has 43 heavy (non-hydrogen) atoms. The third-order valence-corrected chi connectivity index (χ3v) is 18.4. The molecule has 2 atom stereocenters. The number of ether oxygens (including phenoxy) is 1. The Morgan fingerprint density at radius 2 is 1.19 bits per heavy atom. The van der Waals surface area contributed by atoms with Crippen LogP contribution in [-0.2, 0) is 18.4 Å². The zero-order chi connectivity index (χ0) is 32.1. The first-order valence-corrected chi connectivity index (χ1v) is 19.7. The van der Waals surface area contributed by atoms with Crippen LogP contribution in [0.4, 0.5) is 0 Å². The van der Waals surface area contributed by atoms with Crippen LogP contribution < -0.4 is 10.4 Å². The van der Waals surface area contributed by atoms with E-state index in [1.54, 1.807) is 31.2 Å². The second kappa shape index (κ2) is 13.3. The van der Waals surface area contributed by atoms with Gasteiger partial charge < -0.3 is 13.6 Å². The molecule has 0 saturated carbocycles. The van der Waals surface area contributed by atoms with Gasteiger partial charge in [-0.15, -0.1) is 0 Å². The van der Waals surface area contributed by atoms with Crippen molar-refractivity contribution in [2.45, 2.75) is 83.3 Å². The number of carbonyl (C=O) groups is 2. The lowest BCUT2D eigenvalue weighted by molar-refractivity contribution is -0.142. The van der Waals surface area contributed by atoms with E-state index >= 15 is 0 Å². The average Bonchev–Trinajstić information content (AvgIpc) is 2.97. The average molecular weight is 617 g/mol. The number of hydrogen-bond donors (Lipinski definition) is 0. The molecule has 0 heterocycles. The molecular formula is C36H48O5Si2. The van der Waals surface area contributed by atoms with Gasteiger partial charge in [-0.3, -0.25) is 4.79 Å². The summed E-state index contributed by atoms with van der Waals surface area (Å²) >= 11 is 0. The molecule has 0 fully saturated rings. The summed E-state index contributed by atoms with van der Waals surface area (Å²) in [6, 6.07) is 29.0. The largest absolute Gasteiger partial charge is 0.453 e. The number of esters is 1. The number of carbonyl (C=O) groups excluding carboxylic acids is 2. The van der Waals surface area contributed by atoms with E-state index in [-0.39, 0.29) is 17.4 Å². The molecule has 0 N–H and O–H groups in total. The van der Waals surface area contributed by atoms with Gasteiger partial charge >= 0.3 is 5.97 Å². The van der Waals surface area contributed by atoms with E-state index in [9.17, 15) is 9.59 Å². The van der Waals surface area contributed by atoms with Crippen molar-refractivity contribution in [3.05, 3.63) is 109 Å². The fourth-order valence-electron chi connectivity index (χ4n) is 5.02. The van der Waals surface area contributed by atoms with Crippen LogP contribution in [0.5, 0.6) is 0 Å². The molecule has 3 rings (SSSR count). The smallest absolute Gasteiger partial charge is 0.338 e. The monoisotopic (exact) mass is 616 g/mol.